The molecule has 2 atom stereocenters. The topological polar surface area (TPSA) is 0 Å². The van der Waals surface area contributed by atoms with Crippen LogP contribution in [0.4, 0.5) is 0 Å². The van der Waals surface area contributed by atoms with Crippen molar-refractivity contribution < 1.29 is 0 Å². The molecule has 0 bridgehead atoms. The summed E-state index contributed by atoms with van der Waals surface area (Å²) in [6.07, 6.45) is 2.45. The lowest BCUT2D eigenvalue weighted by Crippen LogP contribution is -2.13. The molecule has 2 unspecified atom stereocenters. The van der Waals surface area contributed by atoms with Crippen LogP contribution in [0.25, 0.3) is 0 Å². The Morgan fingerprint density at radius 2 is 2.14 bits per heavy atom. The SMILES string of the molecule is CCc1ccc(CC2CSCC2Br)s1. The summed E-state index contributed by atoms with van der Waals surface area (Å²) in [4.78, 5) is 3.83. The van der Waals surface area contributed by atoms with Gasteiger partial charge in [0.25, 0.3) is 0 Å². The summed E-state index contributed by atoms with van der Waals surface area (Å²) in [7, 11) is 0. The second kappa shape index (κ2) is 5.04. The fraction of sp³-hybridized carbons (Fsp3) is 0.636. The molecule has 0 N–H and O–H groups in total. The van der Waals surface area contributed by atoms with E-state index < -0.39 is 0 Å². The highest BCUT2D eigenvalue weighted by Crippen LogP contribution is 2.33. The number of thioether (sulfide) groups is 1. The number of rotatable bonds is 3. The lowest BCUT2D eigenvalue weighted by atomic mass is 10.0. The van der Waals surface area contributed by atoms with Gasteiger partial charge in [0.1, 0.15) is 0 Å². The molecule has 0 aromatic carbocycles. The zero-order valence-corrected chi connectivity index (χ0v) is 11.6. The number of thiophene rings is 1. The number of halogens is 1. The Kier molecular flexibility index (Phi) is 3.97. The fourth-order valence-electron chi connectivity index (χ4n) is 1.74. The highest BCUT2D eigenvalue weighted by atomic mass is 79.9. The highest BCUT2D eigenvalue weighted by Gasteiger charge is 2.25. The van der Waals surface area contributed by atoms with Gasteiger partial charge in [0.15, 0.2) is 0 Å². The molecule has 0 saturated carbocycles. The largest absolute Gasteiger partial charge is 0.160 e. The average molecular weight is 291 g/mol. The zero-order valence-electron chi connectivity index (χ0n) is 8.33. The van der Waals surface area contributed by atoms with Gasteiger partial charge in [-0.05, 0) is 36.6 Å². The average Bonchev–Trinajstić information content (AvgIpc) is 2.77. The van der Waals surface area contributed by atoms with Crippen LogP contribution in [0.15, 0.2) is 12.1 Å². The van der Waals surface area contributed by atoms with Crippen LogP contribution < -0.4 is 0 Å². The van der Waals surface area contributed by atoms with E-state index in [9.17, 15) is 0 Å². The summed E-state index contributed by atoms with van der Waals surface area (Å²) in [5.41, 5.74) is 0. The maximum atomic E-state index is 3.77. The van der Waals surface area contributed by atoms with Crippen LogP contribution in [0, 0.1) is 5.92 Å². The number of aryl methyl sites for hydroxylation is 1. The molecular weight excluding hydrogens is 276 g/mol. The molecule has 1 aromatic heterocycles. The summed E-state index contributed by atoms with van der Waals surface area (Å²) in [6.45, 7) is 2.23. The van der Waals surface area contributed by atoms with E-state index in [0.29, 0.717) is 0 Å². The van der Waals surface area contributed by atoms with Crippen LogP contribution in [-0.4, -0.2) is 16.3 Å². The van der Waals surface area contributed by atoms with E-state index in [1.807, 2.05) is 11.3 Å². The molecule has 1 saturated heterocycles. The van der Waals surface area contributed by atoms with E-state index in [-0.39, 0.29) is 0 Å². The Morgan fingerprint density at radius 3 is 2.71 bits per heavy atom. The van der Waals surface area contributed by atoms with Crippen molar-refractivity contribution in [3.8, 4) is 0 Å². The maximum Gasteiger partial charge on any atom is 0.0275 e. The van der Waals surface area contributed by atoms with Gasteiger partial charge in [-0.1, -0.05) is 22.9 Å². The van der Waals surface area contributed by atoms with Gasteiger partial charge in [-0.25, -0.2) is 0 Å². The molecule has 0 amide bonds. The smallest absolute Gasteiger partial charge is 0.0275 e. The number of hydrogen-bond acceptors (Lipinski definition) is 2. The van der Waals surface area contributed by atoms with Crippen LogP contribution >= 0.6 is 39.0 Å². The van der Waals surface area contributed by atoms with Crippen molar-refractivity contribution in [3.05, 3.63) is 21.9 Å². The molecule has 14 heavy (non-hydrogen) atoms. The molecule has 78 valence electrons. The fourth-order valence-corrected chi connectivity index (χ4v) is 5.26. The molecule has 2 rings (SSSR count). The van der Waals surface area contributed by atoms with Crippen molar-refractivity contribution in [1.82, 2.24) is 0 Å². The molecule has 1 fully saturated rings. The lowest BCUT2D eigenvalue weighted by molar-refractivity contribution is 0.622. The Balaban J connectivity index is 1.96. The Hall–Kier alpha value is 0.530. The van der Waals surface area contributed by atoms with Crippen LogP contribution in [0.1, 0.15) is 16.7 Å². The number of hydrogen-bond donors (Lipinski definition) is 0. The molecule has 1 aromatic rings. The van der Waals surface area contributed by atoms with E-state index in [1.54, 1.807) is 4.88 Å². The quantitative estimate of drug-likeness (QED) is 0.759. The van der Waals surface area contributed by atoms with Crippen LogP contribution in [0.2, 0.25) is 0 Å². The van der Waals surface area contributed by atoms with Crippen molar-refractivity contribution >= 4 is 39.0 Å². The van der Waals surface area contributed by atoms with Gasteiger partial charge in [0.05, 0.1) is 0 Å². The second-order valence-corrected chi connectivity index (χ2v) is 7.24. The van der Waals surface area contributed by atoms with Gasteiger partial charge in [-0.15, -0.1) is 11.3 Å². The third kappa shape index (κ3) is 2.56. The van der Waals surface area contributed by atoms with E-state index in [4.69, 9.17) is 0 Å². The maximum absolute atomic E-state index is 3.77. The standard InChI is InChI=1S/C11H15BrS2/c1-2-9-3-4-10(14-9)5-8-6-13-7-11(8)12/h3-4,8,11H,2,5-7H2,1H3. The van der Waals surface area contributed by atoms with Crippen molar-refractivity contribution in [2.75, 3.05) is 11.5 Å². The summed E-state index contributed by atoms with van der Waals surface area (Å²) in [5.74, 6) is 3.47. The number of alkyl halides is 1. The summed E-state index contributed by atoms with van der Waals surface area (Å²) in [5, 5.41) is 0. The van der Waals surface area contributed by atoms with E-state index in [0.717, 1.165) is 10.7 Å². The Morgan fingerprint density at radius 1 is 1.36 bits per heavy atom. The van der Waals surface area contributed by atoms with Gasteiger partial charge < -0.3 is 0 Å². The minimum absolute atomic E-state index is 0.736. The van der Waals surface area contributed by atoms with Gasteiger partial charge in [0, 0.05) is 20.3 Å². The van der Waals surface area contributed by atoms with E-state index in [2.05, 4.69) is 46.7 Å². The first-order valence-corrected chi connectivity index (χ1v) is 7.97. The van der Waals surface area contributed by atoms with Crippen molar-refractivity contribution in [3.63, 3.8) is 0 Å². The molecular formula is C11H15BrS2. The van der Waals surface area contributed by atoms with Crippen molar-refractivity contribution in [2.24, 2.45) is 5.92 Å². The first-order chi connectivity index (χ1) is 6.79. The van der Waals surface area contributed by atoms with Crippen molar-refractivity contribution in [1.29, 1.82) is 0 Å². The van der Waals surface area contributed by atoms with Gasteiger partial charge in [-0.3, -0.25) is 0 Å². The molecule has 1 aliphatic rings. The van der Waals surface area contributed by atoms with E-state index in [1.165, 1.54) is 29.2 Å². The normalized spacial score (nSPS) is 27.0. The molecule has 3 heteroatoms. The molecule has 0 aliphatic carbocycles. The predicted molar refractivity (Wildman–Crippen MR) is 70.9 cm³/mol. The minimum atomic E-state index is 0.736. The van der Waals surface area contributed by atoms with Gasteiger partial charge >= 0.3 is 0 Å². The first-order valence-electron chi connectivity index (χ1n) is 5.09. The third-order valence-corrected chi connectivity index (χ3v) is 6.66. The second-order valence-electron chi connectivity index (χ2n) is 3.74. The van der Waals surface area contributed by atoms with Crippen molar-refractivity contribution in [2.45, 2.75) is 24.6 Å². The van der Waals surface area contributed by atoms with Gasteiger partial charge in [0.2, 0.25) is 0 Å². The van der Waals surface area contributed by atoms with E-state index >= 15 is 0 Å². The summed E-state index contributed by atoms with van der Waals surface area (Å²) in [6, 6.07) is 4.59. The lowest BCUT2D eigenvalue weighted by Gasteiger charge is -2.10. The zero-order chi connectivity index (χ0) is 9.97. The molecule has 1 aliphatic heterocycles. The van der Waals surface area contributed by atoms with Crippen LogP contribution in [-0.2, 0) is 12.8 Å². The van der Waals surface area contributed by atoms with Gasteiger partial charge in [-0.2, -0.15) is 11.8 Å². The molecule has 0 nitrogen and oxygen atoms in total. The Bertz CT molecular complexity index is 295. The molecule has 0 radical (unpaired) electrons. The summed E-state index contributed by atoms with van der Waals surface area (Å²) >= 11 is 7.84. The van der Waals surface area contributed by atoms with Crippen LogP contribution in [0.3, 0.4) is 0 Å². The first kappa shape index (κ1) is 11.0. The Labute approximate surface area is 103 Å². The minimum Gasteiger partial charge on any atom is -0.160 e. The van der Waals surface area contributed by atoms with Crippen LogP contribution in [0.5, 0.6) is 0 Å². The molecule has 0 spiro atoms. The highest BCUT2D eigenvalue weighted by molar-refractivity contribution is 9.09. The predicted octanol–water partition coefficient (Wildman–Crippen LogP) is 3.98. The third-order valence-electron chi connectivity index (χ3n) is 2.65. The monoisotopic (exact) mass is 290 g/mol. The summed E-state index contributed by atoms with van der Waals surface area (Å²) < 4.78 is 0. The molecule has 2 heterocycles.